The molecule has 2 fully saturated rings. The molecule has 0 amide bonds. The Bertz CT molecular complexity index is 662. The summed E-state index contributed by atoms with van der Waals surface area (Å²) in [5, 5.41) is 3.64. The van der Waals surface area contributed by atoms with Crippen LogP contribution in [-0.4, -0.2) is 24.5 Å². The molecule has 2 heterocycles. The van der Waals surface area contributed by atoms with E-state index in [0.29, 0.717) is 12.1 Å². The van der Waals surface area contributed by atoms with Crippen LogP contribution in [0.5, 0.6) is 0 Å². The Balaban J connectivity index is 1.46. The average molecular weight is 335 g/mol. The van der Waals surface area contributed by atoms with Gasteiger partial charge in [0.1, 0.15) is 0 Å². The fraction of sp³-hybridized carbons (Fsp3) is 0.478. The van der Waals surface area contributed by atoms with Crippen molar-refractivity contribution in [3.63, 3.8) is 0 Å². The second-order valence-corrected chi connectivity index (χ2v) is 7.67. The van der Waals surface area contributed by atoms with Crippen molar-refractivity contribution in [2.45, 2.75) is 51.1 Å². The molecule has 0 radical (unpaired) electrons. The third-order valence-corrected chi connectivity index (χ3v) is 6.04. The molecule has 0 aliphatic carbocycles. The molecule has 0 spiro atoms. The van der Waals surface area contributed by atoms with Crippen LogP contribution < -0.4 is 5.32 Å². The first-order valence-corrected chi connectivity index (χ1v) is 9.99. The molecule has 2 aliphatic rings. The topological polar surface area (TPSA) is 15.3 Å². The Morgan fingerprint density at radius 1 is 0.840 bits per heavy atom. The van der Waals surface area contributed by atoms with Gasteiger partial charge in [0.25, 0.3) is 0 Å². The normalized spacial score (nSPS) is 22.8. The third-order valence-electron chi connectivity index (χ3n) is 6.04. The van der Waals surface area contributed by atoms with Gasteiger partial charge in [-0.3, -0.25) is 4.90 Å². The van der Waals surface area contributed by atoms with Crippen LogP contribution in [0.1, 0.15) is 62.2 Å². The first kappa shape index (κ1) is 16.8. The Hall–Kier alpha value is -1.64. The van der Waals surface area contributed by atoms with E-state index >= 15 is 0 Å². The summed E-state index contributed by atoms with van der Waals surface area (Å²) in [6.07, 6.45) is 6.63. The van der Waals surface area contributed by atoms with E-state index in [1.807, 2.05) is 0 Å². The maximum absolute atomic E-state index is 3.64. The largest absolute Gasteiger partial charge is 0.310 e. The van der Waals surface area contributed by atoms with Gasteiger partial charge in [0, 0.05) is 12.1 Å². The molecular weight excluding hydrogens is 304 g/mol. The van der Waals surface area contributed by atoms with Crippen molar-refractivity contribution in [1.82, 2.24) is 10.2 Å². The third kappa shape index (κ3) is 3.80. The predicted octanol–water partition coefficient (Wildman–Crippen LogP) is 5.33. The summed E-state index contributed by atoms with van der Waals surface area (Å²) in [5.74, 6) is 0. The molecule has 4 rings (SSSR count). The Labute approximate surface area is 152 Å². The van der Waals surface area contributed by atoms with E-state index in [0.717, 1.165) is 6.54 Å². The number of hydrogen-bond acceptors (Lipinski definition) is 2. The number of piperidine rings is 1. The van der Waals surface area contributed by atoms with Gasteiger partial charge in [0.2, 0.25) is 0 Å². The minimum Gasteiger partial charge on any atom is -0.310 e. The minimum atomic E-state index is 0.538. The number of rotatable bonds is 4. The van der Waals surface area contributed by atoms with Gasteiger partial charge in [-0.1, -0.05) is 55.0 Å². The van der Waals surface area contributed by atoms with E-state index in [4.69, 9.17) is 0 Å². The second kappa shape index (κ2) is 7.72. The van der Waals surface area contributed by atoms with Crippen LogP contribution in [0.2, 0.25) is 0 Å². The predicted molar refractivity (Wildman–Crippen MR) is 106 cm³/mol. The number of likely N-dealkylation sites (tertiary alicyclic amines) is 1. The van der Waals surface area contributed by atoms with Crippen LogP contribution in [-0.2, 0) is 0 Å². The van der Waals surface area contributed by atoms with Crippen molar-refractivity contribution in [3.8, 4) is 11.1 Å². The summed E-state index contributed by atoms with van der Waals surface area (Å²) in [4.78, 5) is 2.60. The lowest BCUT2D eigenvalue weighted by Gasteiger charge is -2.24. The van der Waals surface area contributed by atoms with Gasteiger partial charge in [0.05, 0.1) is 0 Å². The molecular formula is C23H30N2. The zero-order valence-electron chi connectivity index (χ0n) is 15.4. The first-order valence-electron chi connectivity index (χ1n) is 9.99. The van der Waals surface area contributed by atoms with Crippen LogP contribution in [0.3, 0.4) is 0 Å². The first-order chi connectivity index (χ1) is 12.3. The van der Waals surface area contributed by atoms with Crippen molar-refractivity contribution in [1.29, 1.82) is 0 Å². The Kier molecular flexibility index (Phi) is 5.19. The summed E-state index contributed by atoms with van der Waals surface area (Å²) in [6, 6.07) is 19.5. The highest BCUT2D eigenvalue weighted by atomic mass is 15.2. The standard InChI is InChI=1S/C23H30N2/c1-18(25-16-4-5-17-25)19-7-9-20(10-8-19)21-11-13-22(14-12-21)23-6-2-3-15-24-23/h7-14,18,23-24H,2-6,15-17H2,1H3/t18-,23?/m1/s1. The van der Waals surface area contributed by atoms with Gasteiger partial charge in [-0.25, -0.2) is 0 Å². The molecule has 2 saturated heterocycles. The van der Waals surface area contributed by atoms with E-state index in [1.54, 1.807) is 0 Å². The van der Waals surface area contributed by atoms with E-state index in [2.05, 4.69) is 65.7 Å². The number of benzene rings is 2. The Morgan fingerprint density at radius 2 is 1.48 bits per heavy atom. The van der Waals surface area contributed by atoms with Crippen LogP contribution >= 0.6 is 0 Å². The SMILES string of the molecule is C[C@H](c1ccc(-c2ccc(C3CCCCN3)cc2)cc1)N1CCCC1. The molecule has 0 saturated carbocycles. The lowest BCUT2D eigenvalue weighted by atomic mass is 9.95. The van der Waals surface area contributed by atoms with Gasteiger partial charge in [0.15, 0.2) is 0 Å². The zero-order valence-corrected chi connectivity index (χ0v) is 15.4. The zero-order chi connectivity index (χ0) is 17.1. The monoisotopic (exact) mass is 334 g/mol. The summed E-state index contributed by atoms with van der Waals surface area (Å²) >= 11 is 0. The lowest BCUT2D eigenvalue weighted by molar-refractivity contribution is 0.263. The summed E-state index contributed by atoms with van der Waals surface area (Å²) in [7, 11) is 0. The summed E-state index contributed by atoms with van der Waals surface area (Å²) in [5.41, 5.74) is 5.51. The van der Waals surface area contributed by atoms with E-state index in [1.165, 1.54) is 67.4 Å². The van der Waals surface area contributed by atoms with E-state index < -0.39 is 0 Å². The molecule has 0 bridgehead atoms. The maximum atomic E-state index is 3.64. The average Bonchev–Trinajstić information content (AvgIpc) is 3.23. The molecule has 1 N–H and O–H groups in total. The van der Waals surface area contributed by atoms with Gasteiger partial charge < -0.3 is 5.32 Å². The minimum absolute atomic E-state index is 0.538. The van der Waals surface area contributed by atoms with Gasteiger partial charge in [-0.15, -0.1) is 0 Å². The highest BCUT2D eigenvalue weighted by Crippen LogP contribution is 2.29. The van der Waals surface area contributed by atoms with E-state index in [-0.39, 0.29) is 0 Å². The van der Waals surface area contributed by atoms with Crippen LogP contribution in [0.25, 0.3) is 11.1 Å². The van der Waals surface area contributed by atoms with Gasteiger partial charge in [-0.05, 0) is 74.5 Å². The fourth-order valence-corrected chi connectivity index (χ4v) is 4.34. The highest BCUT2D eigenvalue weighted by Gasteiger charge is 2.19. The number of hydrogen-bond donors (Lipinski definition) is 1. The molecule has 25 heavy (non-hydrogen) atoms. The van der Waals surface area contributed by atoms with Crippen molar-refractivity contribution >= 4 is 0 Å². The number of nitrogens with zero attached hydrogens (tertiary/aromatic N) is 1. The molecule has 2 atom stereocenters. The molecule has 2 aromatic carbocycles. The van der Waals surface area contributed by atoms with Crippen molar-refractivity contribution in [2.24, 2.45) is 0 Å². The number of nitrogens with one attached hydrogen (secondary N) is 1. The van der Waals surface area contributed by atoms with Crippen molar-refractivity contribution in [2.75, 3.05) is 19.6 Å². The second-order valence-electron chi connectivity index (χ2n) is 7.67. The smallest absolute Gasteiger partial charge is 0.0320 e. The summed E-state index contributed by atoms with van der Waals surface area (Å²) in [6.45, 7) is 5.99. The quantitative estimate of drug-likeness (QED) is 0.813. The molecule has 1 unspecified atom stereocenters. The molecule has 2 nitrogen and oxygen atoms in total. The maximum Gasteiger partial charge on any atom is 0.0320 e. The molecule has 132 valence electrons. The fourth-order valence-electron chi connectivity index (χ4n) is 4.34. The van der Waals surface area contributed by atoms with Crippen molar-refractivity contribution in [3.05, 3.63) is 59.7 Å². The van der Waals surface area contributed by atoms with Crippen LogP contribution in [0.4, 0.5) is 0 Å². The van der Waals surface area contributed by atoms with Gasteiger partial charge >= 0.3 is 0 Å². The van der Waals surface area contributed by atoms with Crippen molar-refractivity contribution < 1.29 is 0 Å². The van der Waals surface area contributed by atoms with Crippen LogP contribution in [0.15, 0.2) is 48.5 Å². The molecule has 2 heteroatoms. The van der Waals surface area contributed by atoms with Crippen LogP contribution in [0, 0.1) is 0 Å². The molecule has 0 aromatic heterocycles. The molecule has 2 aromatic rings. The van der Waals surface area contributed by atoms with E-state index in [9.17, 15) is 0 Å². The lowest BCUT2D eigenvalue weighted by Crippen LogP contribution is -2.26. The Morgan fingerprint density at radius 3 is 2.08 bits per heavy atom. The highest BCUT2D eigenvalue weighted by molar-refractivity contribution is 5.64. The summed E-state index contributed by atoms with van der Waals surface area (Å²) < 4.78 is 0. The van der Waals surface area contributed by atoms with Gasteiger partial charge in [-0.2, -0.15) is 0 Å². The molecule has 2 aliphatic heterocycles.